The molecule has 0 radical (unpaired) electrons. The highest BCUT2D eigenvalue weighted by atomic mass is 32.1. The highest BCUT2D eigenvalue weighted by molar-refractivity contribution is 7.18. The van der Waals surface area contributed by atoms with Crippen LogP contribution in [0.25, 0.3) is 21.7 Å². The fraction of sp³-hybridized carbons (Fsp3) is 0.480. The van der Waals surface area contributed by atoms with Crippen molar-refractivity contribution in [1.82, 2.24) is 20.1 Å². The molecule has 2 N–H and O–H groups in total. The SMILES string of the molecule is CN(c1nnc(-c2c(O)cc(-c3ccn(C)c(=O)c3)cc2OC(F)(F)F)s1)C1CC(C)(C)NC(C)(C)C1. The average Bonchev–Trinajstić information content (AvgIpc) is 3.21. The summed E-state index contributed by atoms with van der Waals surface area (Å²) in [6.45, 7) is 8.51. The molecule has 8 nitrogen and oxygen atoms in total. The number of nitrogens with zero attached hydrogens (tertiary/aromatic N) is 4. The standard InChI is InChI=1S/C25H30F3N5O3S/c1-23(2)12-16(13-24(3,4)31-23)33(6)22-30-29-21(37-22)20-17(34)9-15(10-18(20)36-25(26,27)28)14-7-8-32(5)19(35)11-14/h7-11,16,31,34H,12-13H2,1-6H3. The third kappa shape index (κ3) is 6.07. The zero-order chi connectivity index (χ0) is 27.3. The van der Waals surface area contributed by atoms with E-state index in [1.54, 1.807) is 13.1 Å². The number of aromatic hydroxyl groups is 1. The van der Waals surface area contributed by atoms with E-state index in [2.05, 4.69) is 47.9 Å². The molecule has 37 heavy (non-hydrogen) atoms. The minimum atomic E-state index is -5.01. The number of aromatic nitrogens is 3. The molecule has 0 spiro atoms. The number of hydrogen-bond acceptors (Lipinski definition) is 8. The van der Waals surface area contributed by atoms with Crippen LogP contribution in [0.3, 0.4) is 0 Å². The molecule has 3 aromatic rings. The lowest BCUT2D eigenvalue weighted by Crippen LogP contribution is -2.61. The predicted octanol–water partition coefficient (Wildman–Crippen LogP) is 4.92. The first-order valence-electron chi connectivity index (χ1n) is 11.7. The number of nitrogens with one attached hydrogen (secondary N) is 1. The molecule has 200 valence electrons. The Kier molecular flexibility index (Phi) is 6.78. The van der Waals surface area contributed by atoms with Crippen molar-refractivity contribution in [2.24, 2.45) is 7.05 Å². The van der Waals surface area contributed by atoms with Crippen LogP contribution in [-0.4, -0.2) is 50.4 Å². The van der Waals surface area contributed by atoms with Crippen molar-refractivity contribution in [2.75, 3.05) is 11.9 Å². The normalized spacial score (nSPS) is 17.5. The van der Waals surface area contributed by atoms with Gasteiger partial charge in [0.05, 0.1) is 5.56 Å². The number of hydrogen-bond donors (Lipinski definition) is 2. The lowest BCUT2D eigenvalue weighted by Gasteiger charge is -2.48. The van der Waals surface area contributed by atoms with Crippen LogP contribution in [0.1, 0.15) is 40.5 Å². The number of piperidine rings is 1. The van der Waals surface area contributed by atoms with E-state index in [-0.39, 0.29) is 38.8 Å². The van der Waals surface area contributed by atoms with Crippen molar-refractivity contribution < 1.29 is 23.0 Å². The quantitative estimate of drug-likeness (QED) is 0.477. The topological polar surface area (TPSA) is 92.5 Å². The zero-order valence-electron chi connectivity index (χ0n) is 21.5. The summed E-state index contributed by atoms with van der Waals surface area (Å²) in [5.41, 5.74) is -0.262. The van der Waals surface area contributed by atoms with Gasteiger partial charge in [-0.05, 0) is 69.9 Å². The molecular formula is C25H30F3N5O3S. The van der Waals surface area contributed by atoms with Gasteiger partial charge in [0.2, 0.25) is 5.13 Å². The summed E-state index contributed by atoms with van der Waals surface area (Å²) < 4.78 is 45.6. The van der Waals surface area contributed by atoms with Crippen LogP contribution in [0, 0.1) is 0 Å². The number of benzene rings is 1. The maximum atomic E-state index is 13.3. The van der Waals surface area contributed by atoms with Gasteiger partial charge in [-0.2, -0.15) is 0 Å². The van der Waals surface area contributed by atoms with Crippen molar-refractivity contribution >= 4 is 16.5 Å². The van der Waals surface area contributed by atoms with Gasteiger partial charge in [-0.15, -0.1) is 23.4 Å². The number of halogens is 3. The van der Waals surface area contributed by atoms with Gasteiger partial charge in [0, 0.05) is 43.5 Å². The smallest absolute Gasteiger partial charge is 0.507 e. The summed E-state index contributed by atoms with van der Waals surface area (Å²) in [6.07, 6.45) is -1.85. The van der Waals surface area contributed by atoms with Gasteiger partial charge in [-0.25, -0.2) is 0 Å². The molecule has 1 aromatic carbocycles. The lowest BCUT2D eigenvalue weighted by atomic mass is 9.79. The summed E-state index contributed by atoms with van der Waals surface area (Å²) in [4.78, 5) is 14.0. The van der Waals surface area contributed by atoms with E-state index < -0.39 is 17.9 Å². The van der Waals surface area contributed by atoms with Crippen LogP contribution in [-0.2, 0) is 7.05 Å². The van der Waals surface area contributed by atoms with E-state index >= 15 is 0 Å². The van der Waals surface area contributed by atoms with Crippen LogP contribution in [0.15, 0.2) is 35.3 Å². The van der Waals surface area contributed by atoms with E-state index in [1.165, 1.54) is 22.9 Å². The Morgan fingerprint density at radius 3 is 2.38 bits per heavy atom. The molecule has 0 atom stereocenters. The number of anilines is 1. The number of phenolic OH excluding ortho intramolecular Hbond substituents is 1. The van der Waals surface area contributed by atoms with Gasteiger partial charge in [0.15, 0.2) is 5.01 Å². The van der Waals surface area contributed by atoms with Gasteiger partial charge in [-0.1, -0.05) is 11.3 Å². The van der Waals surface area contributed by atoms with Gasteiger partial charge in [0.1, 0.15) is 11.5 Å². The van der Waals surface area contributed by atoms with Gasteiger partial charge in [0.25, 0.3) is 5.56 Å². The number of phenols is 1. The molecule has 0 saturated carbocycles. The van der Waals surface area contributed by atoms with Crippen molar-refractivity contribution in [2.45, 2.75) is 64.0 Å². The first-order valence-corrected chi connectivity index (χ1v) is 12.5. The minimum Gasteiger partial charge on any atom is -0.507 e. The van der Waals surface area contributed by atoms with Crippen LogP contribution in [0.5, 0.6) is 11.5 Å². The molecule has 1 aliphatic rings. The number of rotatable bonds is 5. The van der Waals surface area contributed by atoms with Crippen LogP contribution in [0.4, 0.5) is 18.3 Å². The summed E-state index contributed by atoms with van der Waals surface area (Å²) in [7, 11) is 3.44. The van der Waals surface area contributed by atoms with Crippen molar-refractivity contribution in [3.63, 3.8) is 0 Å². The second-order valence-electron chi connectivity index (χ2n) is 10.7. The predicted molar refractivity (Wildman–Crippen MR) is 137 cm³/mol. The second kappa shape index (κ2) is 9.32. The van der Waals surface area contributed by atoms with Crippen LogP contribution in [0.2, 0.25) is 0 Å². The van der Waals surface area contributed by atoms with Crippen molar-refractivity contribution in [1.29, 1.82) is 0 Å². The van der Waals surface area contributed by atoms with Gasteiger partial charge in [-0.3, -0.25) is 4.79 Å². The van der Waals surface area contributed by atoms with Crippen LogP contribution >= 0.6 is 11.3 Å². The summed E-state index contributed by atoms with van der Waals surface area (Å²) in [6, 6.07) is 5.38. The molecule has 2 aromatic heterocycles. The highest BCUT2D eigenvalue weighted by Crippen LogP contribution is 2.45. The van der Waals surface area contributed by atoms with Crippen molar-refractivity contribution in [3.8, 4) is 33.2 Å². The first kappa shape index (κ1) is 26.9. The Labute approximate surface area is 216 Å². The largest absolute Gasteiger partial charge is 0.573 e. The Hall–Kier alpha value is -3.12. The molecule has 1 fully saturated rings. The summed E-state index contributed by atoms with van der Waals surface area (Å²) >= 11 is 1.07. The highest BCUT2D eigenvalue weighted by Gasteiger charge is 2.40. The van der Waals surface area contributed by atoms with Crippen LogP contribution < -0.4 is 20.5 Å². The molecule has 4 rings (SSSR count). The molecule has 0 unspecified atom stereocenters. The molecule has 12 heteroatoms. The van der Waals surface area contributed by atoms with E-state index in [0.717, 1.165) is 30.2 Å². The molecule has 0 aliphatic carbocycles. The number of ether oxygens (including phenoxy) is 1. The number of alkyl halides is 3. The first-order chi connectivity index (χ1) is 17.0. The molecule has 1 aliphatic heterocycles. The summed E-state index contributed by atoms with van der Waals surface area (Å²) in [5, 5.41) is 23.4. The Bertz CT molecular complexity index is 1350. The van der Waals surface area contributed by atoms with Gasteiger partial charge < -0.3 is 24.6 Å². The molecule has 0 amide bonds. The zero-order valence-corrected chi connectivity index (χ0v) is 22.3. The molecular weight excluding hydrogens is 507 g/mol. The monoisotopic (exact) mass is 537 g/mol. The number of aryl methyl sites for hydroxylation is 1. The second-order valence-corrected chi connectivity index (χ2v) is 11.7. The molecule has 1 saturated heterocycles. The minimum absolute atomic E-state index is 0.0848. The maximum absolute atomic E-state index is 13.3. The lowest BCUT2D eigenvalue weighted by molar-refractivity contribution is -0.274. The third-order valence-electron chi connectivity index (χ3n) is 6.39. The number of pyridine rings is 1. The van der Waals surface area contributed by atoms with E-state index in [4.69, 9.17) is 0 Å². The van der Waals surface area contributed by atoms with Gasteiger partial charge >= 0.3 is 6.36 Å². The Balaban J connectivity index is 1.73. The Morgan fingerprint density at radius 2 is 1.78 bits per heavy atom. The average molecular weight is 538 g/mol. The fourth-order valence-electron chi connectivity index (χ4n) is 5.07. The molecule has 0 bridgehead atoms. The van der Waals surface area contributed by atoms with E-state index in [9.17, 15) is 23.1 Å². The summed E-state index contributed by atoms with van der Waals surface area (Å²) in [5.74, 6) is -1.09. The maximum Gasteiger partial charge on any atom is 0.573 e. The fourth-order valence-corrected chi connectivity index (χ4v) is 6.01. The van der Waals surface area contributed by atoms with E-state index in [1.807, 2.05) is 11.9 Å². The van der Waals surface area contributed by atoms with Crippen molar-refractivity contribution in [3.05, 3.63) is 40.8 Å². The van der Waals surface area contributed by atoms with E-state index in [0.29, 0.717) is 10.7 Å². The molecule has 3 heterocycles. The Morgan fingerprint density at radius 1 is 1.14 bits per heavy atom. The third-order valence-corrected chi connectivity index (χ3v) is 7.42.